The highest BCUT2D eigenvalue weighted by Gasteiger charge is 2.02. The molecule has 1 aromatic rings. The Balaban J connectivity index is 2.13. The van der Waals surface area contributed by atoms with Crippen LogP contribution in [0.5, 0.6) is 0 Å². The van der Waals surface area contributed by atoms with Crippen LogP contribution in [0.2, 0.25) is 0 Å². The lowest BCUT2D eigenvalue weighted by molar-refractivity contribution is 0.300. The van der Waals surface area contributed by atoms with Crippen molar-refractivity contribution < 1.29 is 0 Å². The number of halogens is 2. The van der Waals surface area contributed by atoms with Crippen LogP contribution >= 0.6 is 23.2 Å². The molecule has 0 atom stereocenters. The van der Waals surface area contributed by atoms with Crippen LogP contribution in [-0.2, 0) is 6.42 Å². The van der Waals surface area contributed by atoms with Crippen molar-refractivity contribution in [2.45, 2.75) is 19.3 Å². The smallest absolute Gasteiger partial charge is 0.0351 e. The molecule has 0 saturated carbocycles. The Morgan fingerprint density at radius 1 is 0.824 bits per heavy atom. The van der Waals surface area contributed by atoms with Crippen molar-refractivity contribution in [1.29, 1.82) is 0 Å². The van der Waals surface area contributed by atoms with E-state index in [0.29, 0.717) is 11.8 Å². The molecule has 0 N–H and O–H groups in total. The van der Waals surface area contributed by atoms with E-state index in [9.17, 15) is 0 Å². The molecule has 1 nitrogen and oxygen atoms in total. The predicted octanol–water partition coefficient (Wildman–Crippen LogP) is 3.79. The van der Waals surface area contributed by atoms with Crippen molar-refractivity contribution in [3.05, 3.63) is 35.9 Å². The maximum atomic E-state index is 5.76. The Kier molecular flexibility index (Phi) is 8.50. The number of benzene rings is 1. The Bertz CT molecular complexity index is 271. The minimum atomic E-state index is 0.690. The van der Waals surface area contributed by atoms with Gasteiger partial charge in [0.2, 0.25) is 0 Å². The monoisotopic (exact) mass is 273 g/mol. The lowest BCUT2D eigenvalue weighted by Crippen LogP contribution is -2.29. The lowest BCUT2D eigenvalue weighted by Gasteiger charge is -2.19. The molecule has 3 heteroatoms. The zero-order valence-electron chi connectivity index (χ0n) is 10.2. The molecule has 1 rings (SSSR count). The summed E-state index contributed by atoms with van der Waals surface area (Å²) in [4.78, 5) is 2.34. The Morgan fingerprint density at radius 3 is 2.06 bits per heavy atom. The molecular weight excluding hydrogens is 253 g/mol. The van der Waals surface area contributed by atoms with Crippen molar-refractivity contribution in [2.75, 3.05) is 31.4 Å². The van der Waals surface area contributed by atoms with Gasteiger partial charge in [-0.05, 0) is 31.4 Å². The topological polar surface area (TPSA) is 3.24 Å². The number of hydrogen-bond acceptors (Lipinski definition) is 1. The fraction of sp³-hybridized carbons (Fsp3) is 0.571. The van der Waals surface area contributed by atoms with Crippen LogP contribution < -0.4 is 0 Å². The second kappa shape index (κ2) is 9.76. The molecule has 0 aliphatic heterocycles. The summed E-state index contributed by atoms with van der Waals surface area (Å²) in [6.45, 7) is 2.99. The predicted molar refractivity (Wildman–Crippen MR) is 77.3 cm³/mol. The molecule has 0 aliphatic rings. The second-order valence-corrected chi connectivity index (χ2v) is 4.92. The molecule has 0 aromatic heterocycles. The Labute approximate surface area is 115 Å². The van der Waals surface area contributed by atoms with Crippen molar-refractivity contribution in [2.24, 2.45) is 0 Å². The fourth-order valence-electron chi connectivity index (χ4n) is 1.88. The van der Waals surface area contributed by atoms with Crippen molar-refractivity contribution in [1.82, 2.24) is 4.90 Å². The SMILES string of the molecule is ClCCN(CCCl)CCCCc1ccccc1. The molecule has 1 aromatic carbocycles. The van der Waals surface area contributed by atoms with E-state index in [0.717, 1.165) is 26.1 Å². The number of unbranched alkanes of at least 4 members (excludes halogenated alkanes) is 1. The first-order chi connectivity index (χ1) is 8.36. The summed E-state index contributed by atoms with van der Waals surface area (Å²) in [5.74, 6) is 1.38. The van der Waals surface area contributed by atoms with Gasteiger partial charge in [-0.25, -0.2) is 0 Å². The molecule has 96 valence electrons. The third kappa shape index (κ3) is 6.92. The molecule has 17 heavy (non-hydrogen) atoms. The molecule has 0 saturated heterocycles. The maximum absolute atomic E-state index is 5.76. The highest BCUT2D eigenvalue weighted by Crippen LogP contribution is 2.05. The van der Waals surface area contributed by atoms with Crippen LogP contribution in [0.15, 0.2) is 30.3 Å². The van der Waals surface area contributed by atoms with Gasteiger partial charge in [0, 0.05) is 24.8 Å². The van der Waals surface area contributed by atoms with Gasteiger partial charge in [0.05, 0.1) is 0 Å². The standard InChI is InChI=1S/C14H21Cl2N/c15-9-12-17(13-10-16)11-5-4-8-14-6-2-1-3-7-14/h1-3,6-7H,4-5,8-13H2. The molecule has 0 fully saturated rings. The second-order valence-electron chi connectivity index (χ2n) is 4.16. The van der Waals surface area contributed by atoms with Gasteiger partial charge in [0.1, 0.15) is 0 Å². The third-order valence-electron chi connectivity index (χ3n) is 2.83. The van der Waals surface area contributed by atoms with Crippen molar-refractivity contribution in [3.8, 4) is 0 Å². The summed E-state index contributed by atoms with van der Waals surface area (Å²) in [5, 5.41) is 0. The number of aryl methyl sites for hydroxylation is 1. The zero-order chi connectivity index (χ0) is 12.3. The van der Waals surface area contributed by atoms with Crippen LogP contribution in [0.3, 0.4) is 0 Å². The molecular formula is C14H21Cl2N. The molecule has 0 amide bonds. The lowest BCUT2D eigenvalue weighted by atomic mass is 10.1. The molecule has 0 spiro atoms. The fourth-order valence-corrected chi connectivity index (χ4v) is 2.36. The number of nitrogens with zero attached hydrogens (tertiary/aromatic N) is 1. The van der Waals surface area contributed by atoms with E-state index in [-0.39, 0.29) is 0 Å². The highest BCUT2D eigenvalue weighted by molar-refractivity contribution is 6.18. The van der Waals surface area contributed by atoms with Crippen LogP contribution in [0.1, 0.15) is 18.4 Å². The van der Waals surface area contributed by atoms with Gasteiger partial charge in [-0.15, -0.1) is 23.2 Å². The average Bonchev–Trinajstić information content (AvgIpc) is 2.36. The summed E-state index contributed by atoms with van der Waals surface area (Å²) in [7, 11) is 0. The molecule has 0 aliphatic carbocycles. The van der Waals surface area contributed by atoms with Gasteiger partial charge < -0.3 is 4.90 Å². The van der Waals surface area contributed by atoms with E-state index in [2.05, 4.69) is 35.2 Å². The highest BCUT2D eigenvalue weighted by atomic mass is 35.5. The summed E-state index contributed by atoms with van der Waals surface area (Å²) in [6, 6.07) is 10.6. The largest absolute Gasteiger partial charge is 0.301 e. The summed E-state index contributed by atoms with van der Waals surface area (Å²) >= 11 is 11.5. The minimum Gasteiger partial charge on any atom is -0.301 e. The Morgan fingerprint density at radius 2 is 1.47 bits per heavy atom. The number of alkyl halides is 2. The first-order valence-electron chi connectivity index (χ1n) is 6.25. The number of rotatable bonds is 9. The van der Waals surface area contributed by atoms with Gasteiger partial charge in [-0.3, -0.25) is 0 Å². The normalized spacial score (nSPS) is 11.0. The van der Waals surface area contributed by atoms with E-state index in [1.54, 1.807) is 0 Å². The molecule has 0 bridgehead atoms. The van der Waals surface area contributed by atoms with Crippen molar-refractivity contribution in [3.63, 3.8) is 0 Å². The average molecular weight is 274 g/mol. The van der Waals surface area contributed by atoms with E-state index in [4.69, 9.17) is 23.2 Å². The first-order valence-corrected chi connectivity index (χ1v) is 7.32. The van der Waals surface area contributed by atoms with E-state index in [1.807, 2.05) is 0 Å². The third-order valence-corrected chi connectivity index (χ3v) is 3.17. The van der Waals surface area contributed by atoms with Crippen LogP contribution in [0.4, 0.5) is 0 Å². The van der Waals surface area contributed by atoms with Gasteiger partial charge in [-0.2, -0.15) is 0 Å². The van der Waals surface area contributed by atoms with E-state index < -0.39 is 0 Å². The van der Waals surface area contributed by atoms with Gasteiger partial charge in [0.15, 0.2) is 0 Å². The van der Waals surface area contributed by atoms with E-state index in [1.165, 1.54) is 18.4 Å². The van der Waals surface area contributed by atoms with Gasteiger partial charge in [-0.1, -0.05) is 30.3 Å². The minimum absolute atomic E-state index is 0.690. The number of hydrogen-bond donors (Lipinski definition) is 0. The molecule has 0 heterocycles. The molecule has 0 radical (unpaired) electrons. The summed E-state index contributed by atoms with van der Waals surface area (Å²) in [6.07, 6.45) is 3.60. The molecule has 0 unspecified atom stereocenters. The van der Waals surface area contributed by atoms with E-state index >= 15 is 0 Å². The van der Waals surface area contributed by atoms with Crippen LogP contribution in [-0.4, -0.2) is 36.3 Å². The maximum Gasteiger partial charge on any atom is 0.0351 e. The van der Waals surface area contributed by atoms with Gasteiger partial charge >= 0.3 is 0 Å². The van der Waals surface area contributed by atoms with Crippen LogP contribution in [0.25, 0.3) is 0 Å². The quantitative estimate of drug-likeness (QED) is 0.489. The summed E-state index contributed by atoms with van der Waals surface area (Å²) < 4.78 is 0. The van der Waals surface area contributed by atoms with Crippen LogP contribution in [0, 0.1) is 0 Å². The zero-order valence-corrected chi connectivity index (χ0v) is 11.8. The van der Waals surface area contributed by atoms with Crippen molar-refractivity contribution >= 4 is 23.2 Å². The summed E-state index contributed by atoms with van der Waals surface area (Å²) in [5.41, 5.74) is 1.42. The first kappa shape index (κ1) is 14.8. The Hall–Kier alpha value is -0.240. The van der Waals surface area contributed by atoms with Gasteiger partial charge in [0.25, 0.3) is 0 Å².